The van der Waals surface area contributed by atoms with E-state index >= 15 is 0 Å². The van der Waals surface area contributed by atoms with Gasteiger partial charge in [-0.25, -0.2) is 0 Å². The Morgan fingerprint density at radius 2 is 2.00 bits per heavy atom. The molecule has 0 bridgehead atoms. The second kappa shape index (κ2) is 7.64. The van der Waals surface area contributed by atoms with Crippen molar-refractivity contribution >= 4 is 22.8 Å². The Bertz CT molecular complexity index is 1030. The molecule has 0 saturated carbocycles. The molecular weight excluding hydrogens is 360 g/mol. The molecule has 2 heterocycles. The topological polar surface area (TPSA) is 89.7 Å². The van der Waals surface area contributed by atoms with Gasteiger partial charge in [-0.1, -0.05) is 24.3 Å². The van der Waals surface area contributed by atoms with Crippen LogP contribution >= 0.6 is 0 Å². The molecule has 2 aromatic carbocycles. The zero-order valence-corrected chi connectivity index (χ0v) is 15.4. The van der Waals surface area contributed by atoms with Crippen molar-refractivity contribution in [3.8, 4) is 11.5 Å². The third kappa shape index (κ3) is 3.78. The van der Waals surface area contributed by atoms with Gasteiger partial charge in [-0.2, -0.15) is 0 Å². The summed E-state index contributed by atoms with van der Waals surface area (Å²) in [6.45, 7) is 2.07. The lowest BCUT2D eigenvalue weighted by atomic mass is 10.1. The molecule has 7 heteroatoms. The Morgan fingerprint density at radius 3 is 2.89 bits per heavy atom. The second-order valence-electron chi connectivity index (χ2n) is 6.57. The highest BCUT2D eigenvalue weighted by atomic mass is 16.7. The summed E-state index contributed by atoms with van der Waals surface area (Å²) in [6.07, 6.45) is 1.01. The molecule has 0 aliphatic carbocycles. The molecule has 1 atom stereocenters. The molecule has 28 heavy (non-hydrogen) atoms. The van der Waals surface area contributed by atoms with E-state index in [4.69, 9.17) is 14.2 Å². The number of ether oxygens (including phenoxy) is 3. The smallest absolute Gasteiger partial charge is 0.311 e. The first-order valence-corrected chi connectivity index (χ1v) is 9.01. The van der Waals surface area contributed by atoms with Crippen molar-refractivity contribution in [2.24, 2.45) is 0 Å². The summed E-state index contributed by atoms with van der Waals surface area (Å²) in [6, 6.07) is 13.2. The van der Waals surface area contributed by atoms with Gasteiger partial charge in [0.1, 0.15) is 0 Å². The van der Waals surface area contributed by atoms with Crippen LogP contribution in [0.5, 0.6) is 11.5 Å². The lowest BCUT2D eigenvalue weighted by Crippen LogP contribution is -2.35. The molecule has 1 aromatic heterocycles. The van der Waals surface area contributed by atoms with E-state index in [2.05, 4.69) is 10.3 Å². The fourth-order valence-electron chi connectivity index (χ4n) is 3.11. The molecule has 3 aromatic rings. The Balaban J connectivity index is 1.29. The summed E-state index contributed by atoms with van der Waals surface area (Å²) >= 11 is 0. The second-order valence-corrected chi connectivity index (χ2v) is 6.57. The minimum absolute atomic E-state index is 0.101. The van der Waals surface area contributed by atoms with Gasteiger partial charge in [0.05, 0.1) is 6.42 Å². The molecule has 1 aliphatic heterocycles. The van der Waals surface area contributed by atoms with Gasteiger partial charge in [0, 0.05) is 23.6 Å². The van der Waals surface area contributed by atoms with Crippen LogP contribution in [0.15, 0.2) is 48.7 Å². The van der Waals surface area contributed by atoms with E-state index in [1.807, 2.05) is 36.4 Å². The van der Waals surface area contributed by atoms with Gasteiger partial charge in [-0.05, 0) is 36.2 Å². The lowest BCUT2D eigenvalue weighted by Gasteiger charge is -2.13. The Labute approximate surface area is 161 Å². The van der Waals surface area contributed by atoms with E-state index in [1.165, 1.54) is 0 Å². The number of aromatic nitrogens is 1. The first kappa shape index (κ1) is 17.9. The predicted octanol–water partition coefficient (Wildman–Crippen LogP) is 2.69. The number of amides is 1. The monoisotopic (exact) mass is 380 g/mol. The van der Waals surface area contributed by atoms with Crippen molar-refractivity contribution in [2.75, 3.05) is 6.79 Å². The highest BCUT2D eigenvalue weighted by Crippen LogP contribution is 2.32. The van der Waals surface area contributed by atoms with Crippen LogP contribution in [-0.4, -0.2) is 29.8 Å². The average molecular weight is 380 g/mol. The maximum Gasteiger partial charge on any atom is 0.311 e. The highest BCUT2D eigenvalue weighted by Gasteiger charge is 2.19. The summed E-state index contributed by atoms with van der Waals surface area (Å²) in [5.74, 6) is 0.542. The number of carbonyl (C=O) groups excluding carboxylic acids is 2. The van der Waals surface area contributed by atoms with Gasteiger partial charge in [0.15, 0.2) is 17.6 Å². The van der Waals surface area contributed by atoms with Crippen LogP contribution in [-0.2, 0) is 27.3 Å². The van der Waals surface area contributed by atoms with Crippen molar-refractivity contribution in [1.29, 1.82) is 0 Å². The third-order valence-electron chi connectivity index (χ3n) is 4.59. The number of hydrogen-bond donors (Lipinski definition) is 2. The number of H-pyrrole nitrogens is 1. The Morgan fingerprint density at radius 1 is 1.18 bits per heavy atom. The molecule has 0 spiro atoms. The summed E-state index contributed by atoms with van der Waals surface area (Å²) in [4.78, 5) is 27.6. The van der Waals surface area contributed by atoms with Gasteiger partial charge in [-0.15, -0.1) is 0 Å². The quantitative estimate of drug-likeness (QED) is 0.642. The van der Waals surface area contributed by atoms with E-state index in [0.717, 1.165) is 22.0 Å². The molecule has 1 amide bonds. The van der Waals surface area contributed by atoms with E-state index in [-0.39, 0.29) is 19.1 Å². The molecule has 0 unspecified atom stereocenters. The zero-order valence-electron chi connectivity index (χ0n) is 15.4. The SMILES string of the molecule is C[C@@H](OC(=O)Cc1c[nH]c2ccccc12)C(=O)NCc1ccc2c(c1)OCO2. The van der Waals surface area contributed by atoms with E-state index in [9.17, 15) is 9.59 Å². The zero-order chi connectivity index (χ0) is 19.5. The fourth-order valence-corrected chi connectivity index (χ4v) is 3.11. The highest BCUT2D eigenvalue weighted by molar-refractivity contribution is 5.88. The van der Waals surface area contributed by atoms with Crippen LogP contribution in [0.4, 0.5) is 0 Å². The minimum atomic E-state index is -0.883. The van der Waals surface area contributed by atoms with Gasteiger partial charge in [-0.3, -0.25) is 9.59 Å². The van der Waals surface area contributed by atoms with Crippen LogP contribution in [0.1, 0.15) is 18.1 Å². The predicted molar refractivity (Wildman–Crippen MR) is 102 cm³/mol. The number of benzene rings is 2. The lowest BCUT2D eigenvalue weighted by molar-refractivity contribution is -0.154. The van der Waals surface area contributed by atoms with Crippen molar-refractivity contribution in [2.45, 2.75) is 26.0 Å². The number of rotatable bonds is 6. The number of para-hydroxylation sites is 1. The van der Waals surface area contributed by atoms with E-state index < -0.39 is 12.1 Å². The molecule has 144 valence electrons. The number of nitrogens with one attached hydrogen (secondary N) is 2. The number of carbonyl (C=O) groups is 2. The summed E-state index contributed by atoms with van der Waals surface area (Å²) in [5.41, 5.74) is 2.67. The van der Waals surface area contributed by atoms with Crippen molar-refractivity contribution in [3.63, 3.8) is 0 Å². The Hall–Kier alpha value is -3.48. The van der Waals surface area contributed by atoms with Gasteiger partial charge in [0.25, 0.3) is 5.91 Å². The normalized spacial score (nSPS) is 13.3. The maximum atomic E-state index is 12.2. The third-order valence-corrected chi connectivity index (χ3v) is 4.59. The summed E-state index contributed by atoms with van der Waals surface area (Å²) in [7, 11) is 0. The largest absolute Gasteiger partial charge is 0.454 e. The van der Waals surface area contributed by atoms with Crippen molar-refractivity contribution in [1.82, 2.24) is 10.3 Å². The molecule has 1 aliphatic rings. The fraction of sp³-hybridized carbons (Fsp3) is 0.238. The van der Waals surface area contributed by atoms with Crippen molar-refractivity contribution in [3.05, 3.63) is 59.8 Å². The summed E-state index contributed by atoms with van der Waals surface area (Å²) in [5, 5.41) is 3.74. The van der Waals surface area contributed by atoms with Gasteiger partial charge < -0.3 is 24.5 Å². The number of hydrogen-bond acceptors (Lipinski definition) is 5. The number of aromatic amines is 1. The molecular formula is C21H20N2O5. The first-order chi connectivity index (χ1) is 13.6. The average Bonchev–Trinajstić information content (AvgIpc) is 3.32. The standard InChI is InChI=1S/C21H20N2O5/c1-13(21(25)23-10-14-6-7-18-19(8-14)27-12-26-18)28-20(24)9-15-11-22-17-5-3-2-4-16(15)17/h2-8,11,13,22H,9-10,12H2,1H3,(H,23,25)/t13-/m1/s1. The molecule has 7 nitrogen and oxygen atoms in total. The van der Waals surface area contributed by atoms with E-state index in [1.54, 1.807) is 19.2 Å². The number of esters is 1. The Kier molecular flexibility index (Phi) is 4.89. The van der Waals surface area contributed by atoms with Gasteiger partial charge in [0.2, 0.25) is 6.79 Å². The van der Waals surface area contributed by atoms with Crippen LogP contribution in [0, 0.1) is 0 Å². The first-order valence-electron chi connectivity index (χ1n) is 9.01. The molecule has 0 saturated heterocycles. The van der Waals surface area contributed by atoms with Crippen LogP contribution in [0.25, 0.3) is 10.9 Å². The van der Waals surface area contributed by atoms with Crippen molar-refractivity contribution < 1.29 is 23.8 Å². The molecule has 0 radical (unpaired) electrons. The summed E-state index contributed by atoms with van der Waals surface area (Å²) < 4.78 is 15.9. The van der Waals surface area contributed by atoms with Crippen LogP contribution in [0.2, 0.25) is 0 Å². The van der Waals surface area contributed by atoms with Gasteiger partial charge >= 0.3 is 5.97 Å². The van der Waals surface area contributed by atoms with Crippen LogP contribution in [0.3, 0.4) is 0 Å². The molecule has 2 N–H and O–H groups in total. The molecule has 4 rings (SSSR count). The number of fused-ring (bicyclic) bond motifs is 2. The maximum absolute atomic E-state index is 12.2. The minimum Gasteiger partial charge on any atom is -0.454 e. The molecule has 0 fully saturated rings. The van der Waals surface area contributed by atoms with E-state index in [0.29, 0.717) is 18.0 Å². The van der Waals surface area contributed by atoms with Crippen LogP contribution < -0.4 is 14.8 Å².